The molecular formula is C16H29N3O. The second-order valence-corrected chi connectivity index (χ2v) is 7.06. The van der Waals surface area contributed by atoms with E-state index in [1.54, 1.807) is 0 Å². The van der Waals surface area contributed by atoms with Crippen molar-refractivity contribution in [3.8, 4) is 0 Å². The van der Waals surface area contributed by atoms with Crippen molar-refractivity contribution in [3.63, 3.8) is 0 Å². The van der Waals surface area contributed by atoms with Crippen molar-refractivity contribution in [3.05, 3.63) is 0 Å². The number of carbonyl (C=O) groups excluding carboxylic acids is 1. The lowest BCUT2D eigenvalue weighted by Crippen LogP contribution is -2.45. The molecule has 2 aliphatic heterocycles. The minimum atomic E-state index is 0.304. The summed E-state index contributed by atoms with van der Waals surface area (Å²) >= 11 is 0. The van der Waals surface area contributed by atoms with E-state index in [4.69, 9.17) is 0 Å². The summed E-state index contributed by atoms with van der Waals surface area (Å²) in [4.78, 5) is 14.8. The number of carbonyl (C=O) groups is 1. The molecule has 20 heavy (non-hydrogen) atoms. The molecule has 2 heterocycles. The van der Waals surface area contributed by atoms with Crippen molar-refractivity contribution in [1.29, 1.82) is 0 Å². The molecule has 2 N–H and O–H groups in total. The van der Waals surface area contributed by atoms with Gasteiger partial charge in [0.05, 0.1) is 0 Å². The zero-order valence-corrected chi connectivity index (χ0v) is 12.8. The maximum Gasteiger partial charge on any atom is 0.223 e. The topological polar surface area (TPSA) is 44.4 Å². The van der Waals surface area contributed by atoms with E-state index in [-0.39, 0.29) is 0 Å². The third kappa shape index (κ3) is 3.01. The lowest BCUT2D eigenvalue weighted by atomic mass is 9.92. The van der Waals surface area contributed by atoms with Gasteiger partial charge in [0.1, 0.15) is 0 Å². The Hall–Kier alpha value is -0.610. The van der Waals surface area contributed by atoms with Gasteiger partial charge in [0.25, 0.3) is 0 Å². The molecule has 2 atom stereocenters. The smallest absolute Gasteiger partial charge is 0.223 e. The zero-order chi connectivity index (χ0) is 14.0. The number of hydrogen-bond acceptors (Lipinski definition) is 3. The van der Waals surface area contributed by atoms with E-state index in [9.17, 15) is 4.79 Å². The average molecular weight is 279 g/mol. The molecule has 1 spiro atoms. The van der Waals surface area contributed by atoms with Gasteiger partial charge in [-0.25, -0.2) is 0 Å². The molecule has 1 saturated carbocycles. The van der Waals surface area contributed by atoms with Gasteiger partial charge in [0, 0.05) is 18.5 Å². The van der Waals surface area contributed by atoms with Crippen LogP contribution in [-0.2, 0) is 4.79 Å². The van der Waals surface area contributed by atoms with Gasteiger partial charge < -0.3 is 10.6 Å². The standard InChI is InChI=1S/C16H29N3O/c1-13(19-9-3-2-4-10-19)12-18-15(20)14-11-16(14)5-7-17-8-6-16/h13-14,17H,2-12H2,1H3,(H,18,20). The number of piperidine rings is 2. The van der Waals surface area contributed by atoms with Crippen molar-refractivity contribution < 1.29 is 4.79 Å². The fraction of sp³-hybridized carbons (Fsp3) is 0.938. The Balaban J connectivity index is 1.41. The largest absolute Gasteiger partial charge is 0.354 e. The summed E-state index contributed by atoms with van der Waals surface area (Å²) in [5, 5.41) is 6.61. The Kier molecular flexibility index (Phi) is 4.32. The molecule has 4 heteroatoms. The normalized spacial score (nSPS) is 30.9. The Bertz CT molecular complexity index is 346. The summed E-state index contributed by atoms with van der Waals surface area (Å²) in [5.41, 5.74) is 0.365. The average Bonchev–Trinajstić information content (AvgIpc) is 3.19. The van der Waals surface area contributed by atoms with Crippen LogP contribution in [0.15, 0.2) is 0 Å². The van der Waals surface area contributed by atoms with Gasteiger partial charge in [-0.3, -0.25) is 9.69 Å². The van der Waals surface area contributed by atoms with Crippen molar-refractivity contribution in [1.82, 2.24) is 15.5 Å². The summed E-state index contributed by atoms with van der Waals surface area (Å²) in [6.07, 6.45) is 7.50. The molecule has 3 aliphatic rings. The van der Waals surface area contributed by atoms with Crippen LogP contribution >= 0.6 is 0 Å². The summed E-state index contributed by atoms with van der Waals surface area (Å²) in [6.45, 7) is 7.66. The van der Waals surface area contributed by atoms with Crippen LogP contribution in [-0.4, -0.2) is 49.6 Å². The van der Waals surface area contributed by atoms with E-state index in [0.717, 1.165) is 26.1 Å². The van der Waals surface area contributed by atoms with Crippen molar-refractivity contribution in [2.24, 2.45) is 11.3 Å². The summed E-state index contributed by atoms with van der Waals surface area (Å²) < 4.78 is 0. The zero-order valence-electron chi connectivity index (χ0n) is 12.8. The predicted octanol–water partition coefficient (Wildman–Crippen LogP) is 1.37. The Morgan fingerprint density at radius 3 is 2.70 bits per heavy atom. The lowest BCUT2D eigenvalue weighted by Gasteiger charge is -2.32. The summed E-state index contributed by atoms with van der Waals surface area (Å²) in [5.74, 6) is 0.619. The second kappa shape index (κ2) is 6.02. The van der Waals surface area contributed by atoms with Gasteiger partial charge in [0.2, 0.25) is 5.91 Å². The third-order valence-electron chi connectivity index (χ3n) is 5.69. The molecule has 0 radical (unpaired) electrons. The van der Waals surface area contributed by atoms with E-state index in [0.29, 0.717) is 23.3 Å². The predicted molar refractivity (Wildman–Crippen MR) is 80.5 cm³/mol. The molecule has 3 rings (SSSR count). The molecule has 1 aliphatic carbocycles. The fourth-order valence-electron chi connectivity index (χ4n) is 4.06. The SMILES string of the molecule is CC(CNC(=O)C1CC12CCNCC2)N1CCCCC1. The van der Waals surface area contributed by atoms with Crippen LogP contribution in [0.1, 0.15) is 45.4 Å². The highest BCUT2D eigenvalue weighted by Crippen LogP contribution is 2.58. The Morgan fingerprint density at radius 1 is 1.30 bits per heavy atom. The van der Waals surface area contributed by atoms with Crippen LogP contribution in [0.25, 0.3) is 0 Å². The van der Waals surface area contributed by atoms with Gasteiger partial charge in [-0.2, -0.15) is 0 Å². The van der Waals surface area contributed by atoms with Gasteiger partial charge in [-0.1, -0.05) is 6.42 Å². The van der Waals surface area contributed by atoms with Gasteiger partial charge in [0.15, 0.2) is 0 Å². The molecule has 3 fully saturated rings. The highest BCUT2D eigenvalue weighted by Gasteiger charge is 2.57. The van der Waals surface area contributed by atoms with Crippen molar-refractivity contribution >= 4 is 5.91 Å². The highest BCUT2D eigenvalue weighted by molar-refractivity contribution is 5.82. The lowest BCUT2D eigenvalue weighted by molar-refractivity contribution is -0.123. The number of likely N-dealkylation sites (tertiary alicyclic amines) is 1. The molecule has 1 amide bonds. The minimum Gasteiger partial charge on any atom is -0.354 e. The first-order valence-corrected chi connectivity index (χ1v) is 8.44. The molecule has 114 valence electrons. The molecule has 2 unspecified atom stereocenters. The first kappa shape index (κ1) is 14.3. The van der Waals surface area contributed by atoms with Crippen molar-refractivity contribution in [2.75, 3.05) is 32.7 Å². The molecule has 2 saturated heterocycles. The maximum absolute atomic E-state index is 12.3. The molecule has 0 aromatic rings. The van der Waals surface area contributed by atoms with Gasteiger partial charge >= 0.3 is 0 Å². The van der Waals surface area contributed by atoms with E-state index in [2.05, 4.69) is 22.5 Å². The van der Waals surface area contributed by atoms with Crippen LogP contribution in [0.2, 0.25) is 0 Å². The number of hydrogen-bond donors (Lipinski definition) is 2. The summed E-state index contributed by atoms with van der Waals surface area (Å²) in [7, 11) is 0. The first-order chi connectivity index (χ1) is 9.71. The third-order valence-corrected chi connectivity index (χ3v) is 5.69. The van der Waals surface area contributed by atoms with Crippen molar-refractivity contribution in [2.45, 2.75) is 51.5 Å². The van der Waals surface area contributed by atoms with Crippen LogP contribution in [0.5, 0.6) is 0 Å². The number of rotatable bonds is 4. The Morgan fingerprint density at radius 2 is 2.00 bits per heavy atom. The molecule has 4 nitrogen and oxygen atoms in total. The molecule has 0 aromatic carbocycles. The number of nitrogens with one attached hydrogen (secondary N) is 2. The summed E-state index contributed by atoms with van der Waals surface area (Å²) in [6, 6.07) is 0.488. The second-order valence-electron chi connectivity index (χ2n) is 7.06. The number of nitrogens with zero attached hydrogens (tertiary/aromatic N) is 1. The molecule has 0 bridgehead atoms. The van der Waals surface area contributed by atoms with Gasteiger partial charge in [-0.15, -0.1) is 0 Å². The van der Waals surface area contributed by atoms with E-state index in [1.165, 1.54) is 45.2 Å². The van der Waals surface area contributed by atoms with E-state index >= 15 is 0 Å². The maximum atomic E-state index is 12.3. The van der Waals surface area contributed by atoms with Crippen LogP contribution in [0, 0.1) is 11.3 Å². The molecule has 0 aromatic heterocycles. The van der Waals surface area contributed by atoms with E-state index < -0.39 is 0 Å². The fourth-order valence-corrected chi connectivity index (χ4v) is 4.06. The number of amides is 1. The Labute approximate surface area is 122 Å². The van der Waals surface area contributed by atoms with Gasteiger partial charge in [-0.05, 0) is 70.6 Å². The minimum absolute atomic E-state index is 0.304. The van der Waals surface area contributed by atoms with E-state index in [1.807, 2.05) is 0 Å². The first-order valence-electron chi connectivity index (χ1n) is 8.44. The van der Waals surface area contributed by atoms with Crippen LogP contribution in [0.3, 0.4) is 0 Å². The quantitative estimate of drug-likeness (QED) is 0.817. The van der Waals surface area contributed by atoms with Crippen LogP contribution in [0.4, 0.5) is 0 Å². The monoisotopic (exact) mass is 279 g/mol. The molecular weight excluding hydrogens is 250 g/mol. The highest BCUT2D eigenvalue weighted by atomic mass is 16.2. The van der Waals surface area contributed by atoms with Crippen LogP contribution < -0.4 is 10.6 Å².